The number of hydrogen-bond acceptors (Lipinski definition) is 6. The predicted molar refractivity (Wildman–Crippen MR) is 86.5 cm³/mol. The van der Waals surface area contributed by atoms with E-state index in [0.717, 1.165) is 0 Å². The molecular weight excluding hydrogens is 338 g/mol. The Morgan fingerprint density at radius 3 is 2.67 bits per heavy atom. The van der Waals surface area contributed by atoms with Crippen molar-refractivity contribution in [3.05, 3.63) is 57.4 Å². The molecule has 2 N–H and O–H groups in total. The number of carbonyl (C=O) groups excluding carboxylic acids is 1. The number of benzene rings is 1. The van der Waals surface area contributed by atoms with Gasteiger partial charge < -0.3 is 10.6 Å². The van der Waals surface area contributed by atoms with Gasteiger partial charge in [-0.2, -0.15) is 5.10 Å². The molecule has 2 rings (SSSR count). The Bertz CT molecular complexity index is 772. The number of non-ortho nitro benzene ring substituents is 1. The largest absolute Gasteiger partial charge is 0.380 e. The topological polar surface area (TPSA) is 126 Å². The van der Waals surface area contributed by atoms with Crippen LogP contribution in [0.15, 0.2) is 41.8 Å². The molecule has 1 aromatic heterocycles. The molecule has 0 saturated carbocycles. The van der Waals surface area contributed by atoms with Gasteiger partial charge in [0.1, 0.15) is 0 Å². The monoisotopic (exact) mass is 351 g/mol. The van der Waals surface area contributed by atoms with Crippen LogP contribution in [0.25, 0.3) is 0 Å². The van der Waals surface area contributed by atoms with Gasteiger partial charge in [-0.3, -0.25) is 14.8 Å². The Morgan fingerprint density at radius 2 is 2.17 bits per heavy atom. The fourth-order valence-corrected chi connectivity index (χ4v) is 2.05. The molecule has 1 unspecified atom stereocenters. The minimum atomic E-state index is -0.689. The fourth-order valence-electron chi connectivity index (χ4n) is 1.91. The number of halogens is 1. The molecule has 2 aromatic rings. The zero-order valence-electron chi connectivity index (χ0n) is 12.6. The molecule has 126 valence electrons. The number of carbonyl (C=O) groups is 1. The fraction of sp³-hybridized carbons (Fsp3) is 0.214. The number of rotatable bonds is 6. The van der Waals surface area contributed by atoms with Crippen molar-refractivity contribution < 1.29 is 14.6 Å². The summed E-state index contributed by atoms with van der Waals surface area (Å²) in [6, 6.07) is 4.69. The Hall–Kier alpha value is -2.94. The molecule has 0 saturated heterocycles. The second-order valence-corrected chi connectivity index (χ2v) is 5.19. The van der Waals surface area contributed by atoms with Gasteiger partial charge >= 0.3 is 5.97 Å². The maximum Gasteiger partial charge on any atom is 0.359 e. The third-order valence-electron chi connectivity index (χ3n) is 3.16. The standard InChI is InChI=1S/C14H14ClN5O4/c1-2-12(19-8-10(15)7-17-19)14(21)24-18-13(16)9-3-5-11(6-4-9)20(22)23/h3-8,12H,2H2,1H3,(H2,16,18). The lowest BCUT2D eigenvalue weighted by atomic mass is 10.2. The van der Waals surface area contributed by atoms with E-state index in [1.165, 1.54) is 41.3 Å². The van der Waals surface area contributed by atoms with Gasteiger partial charge in [0.05, 0.1) is 16.1 Å². The van der Waals surface area contributed by atoms with Crippen molar-refractivity contribution in [2.45, 2.75) is 19.4 Å². The Labute approximate surface area is 141 Å². The van der Waals surface area contributed by atoms with Gasteiger partial charge in [0.15, 0.2) is 11.9 Å². The lowest BCUT2D eigenvalue weighted by Crippen LogP contribution is -2.22. The lowest BCUT2D eigenvalue weighted by molar-refractivity contribution is -0.384. The molecular formula is C14H14ClN5O4. The smallest absolute Gasteiger partial charge is 0.359 e. The highest BCUT2D eigenvalue weighted by atomic mass is 35.5. The van der Waals surface area contributed by atoms with E-state index in [1.807, 2.05) is 0 Å². The minimum absolute atomic E-state index is 0.0772. The van der Waals surface area contributed by atoms with E-state index < -0.39 is 16.9 Å². The van der Waals surface area contributed by atoms with Gasteiger partial charge in [-0.05, 0) is 18.6 Å². The summed E-state index contributed by atoms with van der Waals surface area (Å²) in [6.07, 6.45) is 3.33. The van der Waals surface area contributed by atoms with Crippen molar-refractivity contribution in [2.24, 2.45) is 10.9 Å². The zero-order valence-corrected chi connectivity index (χ0v) is 13.4. The summed E-state index contributed by atoms with van der Waals surface area (Å²) in [7, 11) is 0. The van der Waals surface area contributed by atoms with Crippen molar-refractivity contribution >= 4 is 29.1 Å². The predicted octanol–water partition coefficient (Wildman–Crippen LogP) is 2.26. The number of nitrogens with zero attached hydrogens (tertiary/aromatic N) is 4. The number of amidine groups is 1. The van der Waals surface area contributed by atoms with E-state index in [4.69, 9.17) is 22.2 Å². The Morgan fingerprint density at radius 1 is 1.50 bits per heavy atom. The number of nitro benzene ring substituents is 1. The highest BCUT2D eigenvalue weighted by Gasteiger charge is 2.21. The van der Waals surface area contributed by atoms with Gasteiger partial charge in [-0.1, -0.05) is 23.7 Å². The van der Waals surface area contributed by atoms with Crippen LogP contribution in [0, 0.1) is 10.1 Å². The Balaban J connectivity index is 2.07. The van der Waals surface area contributed by atoms with Gasteiger partial charge in [-0.15, -0.1) is 0 Å². The molecule has 24 heavy (non-hydrogen) atoms. The average molecular weight is 352 g/mol. The van der Waals surface area contributed by atoms with Crippen molar-refractivity contribution in [2.75, 3.05) is 0 Å². The van der Waals surface area contributed by atoms with E-state index in [9.17, 15) is 14.9 Å². The molecule has 0 fully saturated rings. The molecule has 0 radical (unpaired) electrons. The van der Waals surface area contributed by atoms with Crippen molar-refractivity contribution in [1.82, 2.24) is 9.78 Å². The van der Waals surface area contributed by atoms with Crippen molar-refractivity contribution in [3.63, 3.8) is 0 Å². The average Bonchev–Trinajstić information content (AvgIpc) is 2.99. The first-order valence-electron chi connectivity index (χ1n) is 6.91. The number of oxime groups is 1. The first kappa shape index (κ1) is 17.4. The Kier molecular flexibility index (Phi) is 5.48. The molecule has 0 amide bonds. The van der Waals surface area contributed by atoms with Crippen LogP contribution in [0.2, 0.25) is 5.02 Å². The van der Waals surface area contributed by atoms with E-state index in [0.29, 0.717) is 17.0 Å². The quantitative estimate of drug-likeness (QED) is 0.279. The van der Waals surface area contributed by atoms with E-state index in [-0.39, 0.29) is 11.5 Å². The van der Waals surface area contributed by atoms with Gasteiger partial charge in [0, 0.05) is 23.9 Å². The van der Waals surface area contributed by atoms with Crippen LogP contribution in [0.3, 0.4) is 0 Å². The maximum atomic E-state index is 12.1. The molecule has 0 aliphatic rings. The summed E-state index contributed by atoms with van der Waals surface area (Å²) in [5.74, 6) is -0.728. The first-order chi connectivity index (χ1) is 11.4. The number of nitro groups is 1. The van der Waals surface area contributed by atoms with Crippen LogP contribution < -0.4 is 5.73 Å². The number of aromatic nitrogens is 2. The van der Waals surface area contributed by atoms with Crippen LogP contribution in [0.4, 0.5) is 5.69 Å². The SMILES string of the molecule is CCC(C(=O)O/N=C(\N)c1ccc([N+](=O)[O-])cc1)n1cc(Cl)cn1. The van der Waals surface area contributed by atoms with Gasteiger partial charge in [0.2, 0.25) is 0 Å². The van der Waals surface area contributed by atoms with Crippen molar-refractivity contribution in [3.8, 4) is 0 Å². The van der Waals surface area contributed by atoms with Crippen LogP contribution in [-0.2, 0) is 9.63 Å². The van der Waals surface area contributed by atoms with Crippen molar-refractivity contribution in [1.29, 1.82) is 0 Å². The highest BCUT2D eigenvalue weighted by molar-refractivity contribution is 6.30. The van der Waals surface area contributed by atoms with Crippen LogP contribution >= 0.6 is 11.6 Å². The van der Waals surface area contributed by atoms with E-state index in [1.54, 1.807) is 6.92 Å². The van der Waals surface area contributed by atoms with E-state index >= 15 is 0 Å². The number of hydrogen-bond donors (Lipinski definition) is 1. The summed E-state index contributed by atoms with van der Waals surface area (Å²) >= 11 is 5.78. The van der Waals surface area contributed by atoms with E-state index in [2.05, 4.69) is 10.3 Å². The molecule has 9 nitrogen and oxygen atoms in total. The molecule has 10 heteroatoms. The number of nitrogens with two attached hydrogens (primary N) is 1. The summed E-state index contributed by atoms with van der Waals surface area (Å²) in [4.78, 5) is 27.0. The molecule has 1 heterocycles. The molecule has 1 aromatic carbocycles. The normalized spacial score (nSPS) is 12.7. The molecule has 0 aliphatic heterocycles. The summed E-state index contributed by atoms with van der Waals surface area (Å²) in [5, 5.41) is 18.5. The second-order valence-electron chi connectivity index (χ2n) is 4.75. The third-order valence-corrected chi connectivity index (χ3v) is 3.35. The third kappa shape index (κ3) is 4.07. The second kappa shape index (κ2) is 7.55. The molecule has 0 aliphatic carbocycles. The summed E-state index contributed by atoms with van der Waals surface area (Å²) < 4.78 is 1.38. The van der Waals surface area contributed by atoms with Crippen LogP contribution in [-0.4, -0.2) is 26.5 Å². The summed E-state index contributed by atoms with van der Waals surface area (Å²) in [6.45, 7) is 1.78. The minimum Gasteiger partial charge on any atom is -0.380 e. The maximum absolute atomic E-state index is 12.1. The van der Waals surface area contributed by atoms with Gasteiger partial charge in [0.25, 0.3) is 5.69 Å². The van der Waals surface area contributed by atoms with Crippen LogP contribution in [0.5, 0.6) is 0 Å². The molecule has 1 atom stereocenters. The molecule has 0 bridgehead atoms. The highest BCUT2D eigenvalue weighted by Crippen LogP contribution is 2.16. The first-order valence-corrected chi connectivity index (χ1v) is 7.29. The van der Waals surface area contributed by atoms with Crippen LogP contribution in [0.1, 0.15) is 24.9 Å². The van der Waals surface area contributed by atoms with Gasteiger partial charge in [-0.25, -0.2) is 4.79 Å². The summed E-state index contributed by atoms with van der Waals surface area (Å²) in [5.41, 5.74) is 6.03. The zero-order chi connectivity index (χ0) is 17.7. The lowest BCUT2D eigenvalue weighted by Gasteiger charge is -2.11. The molecule has 0 spiro atoms.